The number of ether oxygens (including phenoxy) is 1. The second-order valence-electron chi connectivity index (χ2n) is 4.62. The first-order valence-corrected chi connectivity index (χ1v) is 6.19. The zero-order valence-corrected chi connectivity index (χ0v) is 10.3. The lowest BCUT2D eigenvalue weighted by Gasteiger charge is -2.27. The molecule has 100 valence electrons. The molecule has 3 nitrogen and oxygen atoms in total. The highest BCUT2D eigenvalue weighted by molar-refractivity contribution is 5.22. The minimum Gasteiger partial charge on any atom is -0.378 e. The van der Waals surface area contributed by atoms with Crippen LogP contribution in [0.25, 0.3) is 0 Å². The summed E-state index contributed by atoms with van der Waals surface area (Å²) in [6.07, 6.45) is 1.78. The summed E-state index contributed by atoms with van der Waals surface area (Å²) in [6.45, 7) is 2.70. The van der Waals surface area contributed by atoms with E-state index < -0.39 is 11.6 Å². The molecule has 5 heteroatoms. The smallest absolute Gasteiger partial charge is 0.126 e. The van der Waals surface area contributed by atoms with E-state index in [1.165, 1.54) is 12.1 Å². The van der Waals surface area contributed by atoms with Gasteiger partial charge in [-0.1, -0.05) is 6.92 Å². The van der Waals surface area contributed by atoms with Gasteiger partial charge < -0.3 is 4.74 Å². The van der Waals surface area contributed by atoms with E-state index in [2.05, 4.69) is 5.43 Å². The van der Waals surface area contributed by atoms with Gasteiger partial charge in [0.05, 0.1) is 12.1 Å². The number of benzene rings is 1. The van der Waals surface area contributed by atoms with Crippen LogP contribution in [0.4, 0.5) is 8.78 Å². The zero-order valence-electron chi connectivity index (χ0n) is 10.3. The van der Waals surface area contributed by atoms with Crippen molar-refractivity contribution in [3.8, 4) is 0 Å². The van der Waals surface area contributed by atoms with Gasteiger partial charge in [0.15, 0.2) is 0 Å². The molecule has 0 aromatic heterocycles. The SMILES string of the molecule is CCC1OCCC1C(NN)c1cc(F)cc(F)c1. The highest BCUT2D eigenvalue weighted by Gasteiger charge is 2.34. The predicted molar refractivity (Wildman–Crippen MR) is 64.6 cm³/mol. The minimum absolute atomic E-state index is 0.0809. The van der Waals surface area contributed by atoms with Gasteiger partial charge in [0.2, 0.25) is 0 Å². The summed E-state index contributed by atoms with van der Waals surface area (Å²) in [4.78, 5) is 0. The van der Waals surface area contributed by atoms with Crippen LogP contribution in [0.2, 0.25) is 0 Å². The Morgan fingerprint density at radius 2 is 2.06 bits per heavy atom. The van der Waals surface area contributed by atoms with Crippen molar-refractivity contribution in [3.05, 3.63) is 35.4 Å². The fourth-order valence-electron chi connectivity index (χ4n) is 2.69. The summed E-state index contributed by atoms with van der Waals surface area (Å²) in [6, 6.07) is 3.21. The Hall–Kier alpha value is -1.04. The van der Waals surface area contributed by atoms with Crippen molar-refractivity contribution in [1.82, 2.24) is 5.43 Å². The molecule has 0 aliphatic carbocycles. The molecule has 0 spiro atoms. The van der Waals surface area contributed by atoms with E-state index in [9.17, 15) is 8.78 Å². The van der Waals surface area contributed by atoms with E-state index >= 15 is 0 Å². The van der Waals surface area contributed by atoms with Crippen LogP contribution in [0.1, 0.15) is 31.4 Å². The highest BCUT2D eigenvalue weighted by Crippen LogP contribution is 2.34. The van der Waals surface area contributed by atoms with Gasteiger partial charge in [-0.3, -0.25) is 11.3 Å². The van der Waals surface area contributed by atoms with Crippen LogP contribution in [0.3, 0.4) is 0 Å². The number of hydrogen-bond donors (Lipinski definition) is 2. The summed E-state index contributed by atoms with van der Waals surface area (Å²) in [5, 5.41) is 0. The summed E-state index contributed by atoms with van der Waals surface area (Å²) in [5.74, 6) is 4.52. The molecule has 1 fully saturated rings. The number of hydrogen-bond acceptors (Lipinski definition) is 3. The van der Waals surface area contributed by atoms with Crippen LogP contribution >= 0.6 is 0 Å². The van der Waals surface area contributed by atoms with E-state index in [4.69, 9.17) is 10.6 Å². The molecule has 1 aromatic rings. The predicted octanol–water partition coefficient (Wildman–Crippen LogP) is 2.28. The topological polar surface area (TPSA) is 47.3 Å². The van der Waals surface area contributed by atoms with Gasteiger partial charge in [-0.15, -0.1) is 0 Å². The maximum atomic E-state index is 13.3. The van der Waals surface area contributed by atoms with Crippen molar-refractivity contribution in [2.24, 2.45) is 11.8 Å². The molecule has 1 saturated heterocycles. The Balaban J connectivity index is 2.27. The van der Waals surface area contributed by atoms with Crippen molar-refractivity contribution in [3.63, 3.8) is 0 Å². The van der Waals surface area contributed by atoms with Gasteiger partial charge in [-0.25, -0.2) is 8.78 Å². The number of hydrazine groups is 1. The summed E-state index contributed by atoms with van der Waals surface area (Å²) >= 11 is 0. The van der Waals surface area contributed by atoms with Crippen LogP contribution in [-0.4, -0.2) is 12.7 Å². The Bertz CT molecular complexity index is 394. The second kappa shape index (κ2) is 5.73. The lowest BCUT2D eigenvalue weighted by atomic mass is 9.87. The molecule has 1 aromatic carbocycles. The molecule has 3 N–H and O–H groups in total. The minimum atomic E-state index is -0.586. The summed E-state index contributed by atoms with van der Waals surface area (Å²) < 4.78 is 32.1. The summed E-state index contributed by atoms with van der Waals surface area (Å²) in [5.41, 5.74) is 3.20. The monoisotopic (exact) mass is 256 g/mol. The Morgan fingerprint density at radius 3 is 2.61 bits per heavy atom. The maximum Gasteiger partial charge on any atom is 0.126 e. The number of nitrogens with two attached hydrogens (primary N) is 1. The van der Waals surface area contributed by atoms with E-state index in [0.717, 1.165) is 18.9 Å². The Morgan fingerprint density at radius 1 is 1.39 bits per heavy atom. The van der Waals surface area contributed by atoms with Gasteiger partial charge in [0, 0.05) is 18.6 Å². The van der Waals surface area contributed by atoms with Crippen LogP contribution < -0.4 is 11.3 Å². The molecule has 18 heavy (non-hydrogen) atoms. The number of halogens is 2. The molecular weight excluding hydrogens is 238 g/mol. The fourth-order valence-corrected chi connectivity index (χ4v) is 2.69. The quantitative estimate of drug-likeness (QED) is 0.642. The molecular formula is C13H18F2N2O. The van der Waals surface area contributed by atoms with Crippen LogP contribution in [-0.2, 0) is 4.74 Å². The van der Waals surface area contributed by atoms with Gasteiger partial charge in [-0.05, 0) is 30.5 Å². The molecule has 3 atom stereocenters. The zero-order chi connectivity index (χ0) is 13.1. The van der Waals surface area contributed by atoms with E-state index in [-0.39, 0.29) is 18.1 Å². The van der Waals surface area contributed by atoms with E-state index in [1.54, 1.807) is 0 Å². The second-order valence-corrected chi connectivity index (χ2v) is 4.62. The molecule has 1 aliphatic heterocycles. The number of nitrogens with one attached hydrogen (secondary N) is 1. The van der Waals surface area contributed by atoms with Crippen LogP contribution in [0, 0.1) is 17.6 Å². The van der Waals surface area contributed by atoms with Crippen molar-refractivity contribution >= 4 is 0 Å². The van der Waals surface area contributed by atoms with Gasteiger partial charge in [-0.2, -0.15) is 0 Å². The first-order chi connectivity index (χ1) is 8.65. The lowest BCUT2D eigenvalue weighted by Crippen LogP contribution is -2.37. The van der Waals surface area contributed by atoms with E-state index in [0.29, 0.717) is 12.2 Å². The molecule has 0 saturated carbocycles. The van der Waals surface area contributed by atoms with Gasteiger partial charge in [0.25, 0.3) is 0 Å². The number of rotatable bonds is 4. The van der Waals surface area contributed by atoms with Crippen molar-refractivity contribution in [1.29, 1.82) is 0 Å². The normalized spacial score (nSPS) is 25.3. The average molecular weight is 256 g/mol. The third-order valence-corrected chi connectivity index (χ3v) is 3.51. The first kappa shape index (κ1) is 13.4. The molecule has 1 aliphatic rings. The summed E-state index contributed by atoms with van der Waals surface area (Å²) in [7, 11) is 0. The third-order valence-electron chi connectivity index (χ3n) is 3.51. The van der Waals surface area contributed by atoms with Crippen molar-refractivity contribution < 1.29 is 13.5 Å². The van der Waals surface area contributed by atoms with Crippen LogP contribution in [0.5, 0.6) is 0 Å². The molecule has 0 radical (unpaired) electrons. The Kier molecular flexibility index (Phi) is 4.27. The molecule has 1 heterocycles. The first-order valence-electron chi connectivity index (χ1n) is 6.19. The van der Waals surface area contributed by atoms with Crippen LogP contribution in [0.15, 0.2) is 18.2 Å². The van der Waals surface area contributed by atoms with Gasteiger partial charge in [0.1, 0.15) is 11.6 Å². The highest BCUT2D eigenvalue weighted by atomic mass is 19.1. The lowest BCUT2D eigenvalue weighted by molar-refractivity contribution is 0.0773. The third kappa shape index (κ3) is 2.68. The van der Waals surface area contributed by atoms with Crippen molar-refractivity contribution in [2.75, 3.05) is 6.61 Å². The standard InChI is InChI=1S/C13H18F2N2O/c1-2-12-11(3-4-18-12)13(17-16)8-5-9(14)7-10(15)6-8/h5-7,11-13,17H,2-4,16H2,1H3. The Labute approximate surface area is 105 Å². The molecule has 0 amide bonds. The largest absolute Gasteiger partial charge is 0.378 e. The fraction of sp³-hybridized carbons (Fsp3) is 0.538. The molecule has 0 bridgehead atoms. The molecule has 3 unspecified atom stereocenters. The molecule has 2 rings (SSSR count). The van der Waals surface area contributed by atoms with Crippen molar-refractivity contribution in [2.45, 2.75) is 31.9 Å². The average Bonchev–Trinajstić information content (AvgIpc) is 2.77. The maximum absolute atomic E-state index is 13.3. The van der Waals surface area contributed by atoms with E-state index in [1.807, 2.05) is 6.92 Å². The van der Waals surface area contributed by atoms with Gasteiger partial charge >= 0.3 is 0 Å².